The van der Waals surface area contributed by atoms with E-state index >= 15 is 0 Å². The van der Waals surface area contributed by atoms with E-state index in [0.29, 0.717) is 0 Å². The molecule has 1 aliphatic carbocycles. The minimum Gasteiger partial charge on any atom is -0.205 e. The van der Waals surface area contributed by atoms with Crippen molar-refractivity contribution in [3.05, 3.63) is 105 Å². The van der Waals surface area contributed by atoms with E-state index in [0.717, 1.165) is 30.2 Å². The van der Waals surface area contributed by atoms with Crippen LogP contribution in [-0.2, 0) is 25.7 Å². The number of halogens is 2. The molecule has 35 heavy (non-hydrogen) atoms. The lowest BCUT2D eigenvalue weighted by Crippen LogP contribution is -2.14. The zero-order chi connectivity index (χ0) is 24.5. The molecule has 3 aromatic rings. The zero-order valence-electron chi connectivity index (χ0n) is 21.2. The van der Waals surface area contributed by atoms with E-state index in [2.05, 4.69) is 55.5 Å². The molecule has 0 heterocycles. The number of aryl methyl sites for hydroxylation is 4. The van der Waals surface area contributed by atoms with Crippen LogP contribution in [0.3, 0.4) is 0 Å². The van der Waals surface area contributed by atoms with Gasteiger partial charge in [-0.15, -0.1) is 0 Å². The summed E-state index contributed by atoms with van der Waals surface area (Å²) in [5.41, 5.74) is 6.79. The Hall–Kier alpha value is -2.12. The van der Waals surface area contributed by atoms with Crippen molar-refractivity contribution < 1.29 is 4.39 Å². The molecule has 4 rings (SSSR count). The van der Waals surface area contributed by atoms with E-state index in [1.54, 1.807) is 17.7 Å². The molecule has 0 spiro atoms. The summed E-state index contributed by atoms with van der Waals surface area (Å²) in [4.78, 5) is 0. The highest BCUT2D eigenvalue weighted by molar-refractivity contribution is 6.30. The first-order valence-corrected chi connectivity index (χ1v) is 14.1. The predicted octanol–water partition coefficient (Wildman–Crippen LogP) is 9.90. The van der Waals surface area contributed by atoms with Crippen molar-refractivity contribution in [2.75, 3.05) is 0 Å². The number of hydrogen-bond donors (Lipinski definition) is 0. The number of benzene rings is 3. The molecule has 0 unspecified atom stereocenters. The molecular formula is C33H40ClF. The first kappa shape index (κ1) is 26.0. The third-order valence-corrected chi connectivity index (χ3v) is 8.22. The summed E-state index contributed by atoms with van der Waals surface area (Å²) in [6.45, 7) is 2.27. The fourth-order valence-corrected chi connectivity index (χ4v) is 5.66. The molecule has 0 atom stereocenters. The maximum atomic E-state index is 13.6. The molecule has 0 N–H and O–H groups in total. The first-order valence-electron chi connectivity index (χ1n) is 13.7. The summed E-state index contributed by atoms with van der Waals surface area (Å²) in [5.74, 6) is 1.28. The highest BCUT2D eigenvalue weighted by atomic mass is 35.5. The first-order chi connectivity index (χ1) is 17.1. The van der Waals surface area contributed by atoms with Gasteiger partial charge >= 0.3 is 0 Å². The zero-order valence-corrected chi connectivity index (χ0v) is 22.0. The van der Waals surface area contributed by atoms with Gasteiger partial charge in [-0.3, -0.25) is 0 Å². The van der Waals surface area contributed by atoms with Crippen LogP contribution in [0.15, 0.2) is 66.7 Å². The Kier molecular flexibility index (Phi) is 9.83. The molecule has 1 saturated carbocycles. The van der Waals surface area contributed by atoms with Crippen molar-refractivity contribution >= 4 is 11.6 Å². The van der Waals surface area contributed by atoms with Crippen LogP contribution in [-0.4, -0.2) is 0 Å². The van der Waals surface area contributed by atoms with E-state index in [1.165, 1.54) is 80.9 Å². The van der Waals surface area contributed by atoms with Crippen LogP contribution in [0.25, 0.3) is 0 Å². The minimum atomic E-state index is -0.329. The molecule has 0 radical (unpaired) electrons. The highest BCUT2D eigenvalue weighted by Crippen LogP contribution is 2.37. The van der Waals surface area contributed by atoms with Gasteiger partial charge in [0.25, 0.3) is 0 Å². The molecule has 0 amide bonds. The monoisotopic (exact) mass is 490 g/mol. The second kappa shape index (κ2) is 13.3. The minimum absolute atomic E-state index is 0.193. The predicted molar refractivity (Wildman–Crippen MR) is 148 cm³/mol. The summed E-state index contributed by atoms with van der Waals surface area (Å²) < 4.78 is 13.6. The van der Waals surface area contributed by atoms with Gasteiger partial charge in [-0.25, -0.2) is 4.39 Å². The Bertz CT molecular complexity index is 1030. The quantitative estimate of drug-likeness (QED) is 0.234. The van der Waals surface area contributed by atoms with Crippen molar-refractivity contribution in [1.82, 2.24) is 0 Å². The molecule has 0 saturated heterocycles. The van der Waals surface area contributed by atoms with Crippen LogP contribution in [0, 0.1) is 11.7 Å². The van der Waals surface area contributed by atoms with Crippen molar-refractivity contribution in [3.63, 3.8) is 0 Å². The molecule has 0 bridgehead atoms. The topological polar surface area (TPSA) is 0 Å². The Morgan fingerprint density at radius 3 is 1.91 bits per heavy atom. The Morgan fingerprint density at radius 2 is 1.26 bits per heavy atom. The van der Waals surface area contributed by atoms with Crippen molar-refractivity contribution in [3.8, 4) is 0 Å². The maximum Gasteiger partial charge on any atom is 0.142 e. The lowest BCUT2D eigenvalue weighted by atomic mass is 9.77. The Balaban J connectivity index is 1.17. The third-order valence-electron chi connectivity index (χ3n) is 7.92. The molecule has 0 aromatic heterocycles. The van der Waals surface area contributed by atoms with Gasteiger partial charge in [-0.05, 0) is 116 Å². The third kappa shape index (κ3) is 7.94. The van der Waals surface area contributed by atoms with Crippen molar-refractivity contribution in [2.24, 2.45) is 5.92 Å². The van der Waals surface area contributed by atoms with E-state index < -0.39 is 0 Å². The normalized spacial score (nSPS) is 18.0. The number of hydrogen-bond acceptors (Lipinski definition) is 0. The molecule has 1 fully saturated rings. The largest absolute Gasteiger partial charge is 0.205 e. The lowest BCUT2D eigenvalue weighted by Gasteiger charge is -2.29. The smallest absolute Gasteiger partial charge is 0.142 e. The summed E-state index contributed by atoms with van der Waals surface area (Å²) in [6.07, 6.45) is 14.8. The maximum absolute atomic E-state index is 13.6. The summed E-state index contributed by atoms with van der Waals surface area (Å²) in [6, 6.07) is 23.7. The second-order valence-electron chi connectivity index (χ2n) is 10.5. The van der Waals surface area contributed by atoms with Crippen LogP contribution in [0.1, 0.15) is 92.0 Å². The molecule has 0 aliphatic heterocycles. The Labute approximate surface area is 216 Å². The lowest BCUT2D eigenvalue weighted by molar-refractivity contribution is 0.310. The highest BCUT2D eigenvalue weighted by Gasteiger charge is 2.22. The van der Waals surface area contributed by atoms with Crippen molar-refractivity contribution in [2.45, 2.75) is 89.9 Å². The fraction of sp³-hybridized carbons (Fsp3) is 0.455. The van der Waals surface area contributed by atoms with E-state index in [4.69, 9.17) is 11.6 Å². The van der Waals surface area contributed by atoms with Crippen LogP contribution >= 0.6 is 11.6 Å². The summed E-state index contributed by atoms with van der Waals surface area (Å²) in [5, 5.41) is 0.193. The molecule has 1 aliphatic rings. The fourth-order valence-electron chi connectivity index (χ4n) is 5.55. The summed E-state index contributed by atoms with van der Waals surface area (Å²) >= 11 is 5.78. The van der Waals surface area contributed by atoms with E-state index in [9.17, 15) is 4.39 Å². The summed E-state index contributed by atoms with van der Waals surface area (Å²) in [7, 11) is 0. The number of unbranched alkanes of at least 4 members (excludes halogenated alkanes) is 2. The van der Waals surface area contributed by atoms with Crippen LogP contribution in [0.2, 0.25) is 5.02 Å². The molecule has 3 aromatic carbocycles. The second-order valence-corrected chi connectivity index (χ2v) is 10.9. The average Bonchev–Trinajstić information content (AvgIpc) is 2.90. The van der Waals surface area contributed by atoms with Gasteiger partial charge in [0.2, 0.25) is 0 Å². The van der Waals surface area contributed by atoms with Gasteiger partial charge in [0, 0.05) is 0 Å². The van der Waals surface area contributed by atoms with E-state index in [1.807, 2.05) is 6.07 Å². The van der Waals surface area contributed by atoms with Gasteiger partial charge in [0.05, 0.1) is 5.02 Å². The van der Waals surface area contributed by atoms with Crippen LogP contribution in [0.4, 0.5) is 4.39 Å². The van der Waals surface area contributed by atoms with Gasteiger partial charge in [-0.2, -0.15) is 0 Å². The SMILES string of the molecule is CCCCCc1ccc(C2CCC(CCc3ccc(CCc4ccc(Cl)c(F)c4)cc3)CC2)cc1. The van der Waals surface area contributed by atoms with Crippen LogP contribution < -0.4 is 0 Å². The molecule has 186 valence electrons. The van der Waals surface area contributed by atoms with Crippen molar-refractivity contribution in [1.29, 1.82) is 0 Å². The van der Waals surface area contributed by atoms with Gasteiger partial charge in [0.15, 0.2) is 0 Å². The Morgan fingerprint density at radius 1 is 0.686 bits per heavy atom. The van der Waals surface area contributed by atoms with E-state index in [-0.39, 0.29) is 10.8 Å². The van der Waals surface area contributed by atoms with Crippen LogP contribution in [0.5, 0.6) is 0 Å². The molecular weight excluding hydrogens is 451 g/mol. The van der Waals surface area contributed by atoms with Gasteiger partial charge in [0.1, 0.15) is 5.82 Å². The molecule has 0 nitrogen and oxygen atoms in total. The molecule has 2 heteroatoms. The standard InChI is InChI=1S/C33H40ClF/c1-2-3-4-5-25-14-19-30(20-15-25)31-21-16-28(17-22-31)11-10-26-6-8-27(9-7-26)12-13-29-18-23-32(34)33(35)24-29/h6-9,14-15,18-20,23-24,28,31H,2-5,10-13,16-17,21-22H2,1H3. The number of rotatable bonds is 11. The van der Waals surface area contributed by atoms with Gasteiger partial charge < -0.3 is 0 Å². The van der Waals surface area contributed by atoms with Gasteiger partial charge in [-0.1, -0.05) is 86.0 Å². The average molecular weight is 491 g/mol.